The van der Waals surface area contributed by atoms with Crippen molar-refractivity contribution in [3.8, 4) is 0 Å². The van der Waals surface area contributed by atoms with Gasteiger partial charge in [-0.15, -0.1) is 0 Å². The highest BCUT2D eigenvalue weighted by molar-refractivity contribution is 5.83. The molecule has 0 saturated carbocycles. The van der Waals surface area contributed by atoms with E-state index >= 15 is 0 Å². The van der Waals surface area contributed by atoms with E-state index in [0.717, 1.165) is 32.1 Å². The van der Waals surface area contributed by atoms with Gasteiger partial charge in [0.1, 0.15) is 0 Å². The van der Waals surface area contributed by atoms with Crippen molar-refractivity contribution in [2.75, 3.05) is 13.2 Å². The summed E-state index contributed by atoms with van der Waals surface area (Å²) < 4.78 is 5.33. The van der Waals surface area contributed by atoms with Gasteiger partial charge in [-0.25, -0.2) is 0 Å². The number of carbonyl (C=O) groups is 1. The second-order valence-corrected chi connectivity index (χ2v) is 5.64. The summed E-state index contributed by atoms with van der Waals surface area (Å²) in [6.07, 6.45) is 5.51. The average molecular weight is 256 g/mol. The average Bonchev–Trinajstić information content (AvgIpc) is 2.68. The van der Waals surface area contributed by atoms with Gasteiger partial charge in [-0.1, -0.05) is 33.1 Å². The second kappa shape index (κ2) is 7.10. The number of hydrogen-bond acceptors (Lipinski definition) is 3. The molecule has 1 aliphatic heterocycles. The third-order valence-corrected chi connectivity index (χ3v) is 3.91. The zero-order chi connectivity index (χ0) is 13.6. The molecule has 4 nitrogen and oxygen atoms in total. The molecule has 0 spiro atoms. The summed E-state index contributed by atoms with van der Waals surface area (Å²) in [5, 5.41) is 3.17. The minimum atomic E-state index is -0.557. The number of ether oxygens (including phenoxy) is 1. The van der Waals surface area contributed by atoms with E-state index < -0.39 is 5.41 Å². The number of unbranched alkanes of at least 4 members (excludes halogenated alkanes) is 1. The smallest absolute Gasteiger partial charge is 0.230 e. The van der Waals surface area contributed by atoms with Gasteiger partial charge in [-0.3, -0.25) is 4.79 Å². The topological polar surface area (TPSA) is 64.3 Å². The van der Waals surface area contributed by atoms with Gasteiger partial charge in [0, 0.05) is 12.1 Å². The fraction of sp³-hybridized carbons (Fsp3) is 0.929. The van der Waals surface area contributed by atoms with Crippen molar-refractivity contribution in [3.05, 3.63) is 0 Å². The van der Waals surface area contributed by atoms with Gasteiger partial charge in [0.15, 0.2) is 0 Å². The summed E-state index contributed by atoms with van der Waals surface area (Å²) in [6.45, 7) is 7.15. The Labute approximate surface area is 111 Å². The Morgan fingerprint density at radius 2 is 2.17 bits per heavy atom. The first-order chi connectivity index (χ1) is 8.54. The van der Waals surface area contributed by atoms with Gasteiger partial charge < -0.3 is 15.8 Å². The third-order valence-electron chi connectivity index (χ3n) is 3.91. The molecule has 0 aliphatic carbocycles. The highest BCUT2D eigenvalue weighted by Gasteiger charge is 2.44. The van der Waals surface area contributed by atoms with E-state index in [0.29, 0.717) is 13.2 Å². The van der Waals surface area contributed by atoms with Crippen LogP contribution in [0.25, 0.3) is 0 Å². The Morgan fingerprint density at radius 3 is 2.67 bits per heavy atom. The van der Waals surface area contributed by atoms with Crippen LogP contribution in [0.15, 0.2) is 0 Å². The Morgan fingerprint density at radius 1 is 1.44 bits per heavy atom. The Bertz CT molecular complexity index is 271. The molecule has 0 aromatic carbocycles. The lowest BCUT2D eigenvalue weighted by Gasteiger charge is -2.28. The molecule has 3 atom stereocenters. The van der Waals surface area contributed by atoms with Crippen molar-refractivity contribution in [2.45, 2.75) is 65.0 Å². The molecule has 3 unspecified atom stereocenters. The molecule has 18 heavy (non-hydrogen) atoms. The second-order valence-electron chi connectivity index (χ2n) is 5.64. The molecular formula is C14H28N2O2. The molecule has 4 heteroatoms. The van der Waals surface area contributed by atoms with E-state index in [4.69, 9.17) is 10.5 Å². The molecule has 1 aliphatic rings. The van der Waals surface area contributed by atoms with Crippen LogP contribution in [0.4, 0.5) is 0 Å². The van der Waals surface area contributed by atoms with Crippen LogP contribution in [0.1, 0.15) is 52.9 Å². The summed E-state index contributed by atoms with van der Waals surface area (Å²) in [7, 11) is 0. The van der Waals surface area contributed by atoms with Crippen LogP contribution in [0.3, 0.4) is 0 Å². The molecular weight excluding hydrogens is 228 g/mol. The number of nitrogens with two attached hydrogens (primary N) is 1. The maximum atomic E-state index is 12.4. The van der Waals surface area contributed by atoms with Crippen LogP contribution in [0, 0.1) is 5.41 Å². The lowest BCUT2D eigenvalue weighted by molar-refractivity contribution is -0.131. The lowest BCUT2D eigenvalue weighted by atomic mass is 9.84. The third kappa shape index (κ3) is 3.69. The maximum Gasteiger partial charge on any atom is 0.230 e. The first kappa shape index (κ1) is 15.4. The van der Waals surface area contributed by atoms with E-state index in [1.54, 1.807) is 0 Å². The predicted molar refractivity (Wildman–Crippen MR) is 73.3 cm³/mol. The highest BCUT2D eigenvalue weighted by atomic mass is 16.5. The molecule has 1 fully saturated rings. The van der Waals surface area contributed by atoms with Crippen molar-refractivity contribution in [3.63, 3.8) is 0 Å². The van der Waals surface area contributed by atoms with Crippen LogP contribution in [0.5, 0.6) is 0 Å². The van der Waals surface area contributed by atoms with Crippen molar-refractivity contribution >= 4 is 5.91 Å². The first-order valence-corrected chi connectivity index (χ1v) is 7.18. The van der Waals surface area contributed by atoms with Gasteiger partial charge in [0.2, 0.25) is 5.91 Å². The van der Waals surface area contributed by atoms with Gasteiger partial charge >= 0.3 is 0 Å². The summed E-state index contributed by atoms with van der Waals surface area (Å²) in [5.41, 5.74) is 5.42. The number of hydrogen-bond donors (Lipinski definition) is 2. The quantitative estimate of drug-likeness (QED) is 0.730. The van der Waals surface area contributed by atoms with Gasteiger partial charge in [0.25, 0.3) is 0 Å². The Hall–Kier alpha value is -0.610. The summed E-state index contributed by atoms with van der Waals surface area (Å²) >= 11 is 0. The summed E-state index contributed by atoms with van der Waals surface area (Å²) in [4.78, 5) is 12.4. The molecule has 1 amide bonds. The zero-order valence-corrected chi connectivity index (χ0v) is 12.0. The van der Waals surface area contributed by atoms with Crippen LogP contribution in [0.2, 0.25) is 0 Å². The number of nitrogens with one attached hydrogen (secondary N) is 1. The zero-order valence-electron chi connectivity index (χ0n) is 12.0. The standard InChI is InChI=1S/C14H28N2O2/c1-4-6-8-11(7-5-2)16-13(17)14(3)10-18-9-12(14)15/h11-12H,4-10,15H2,1-3H3,(H,16,17). The number of amides is 1. The van der Waals surface area contributed by atoms with E-state index in [9.17, 15) is 4.79 Å². The summed E-state index contributed by atoms with van der Waals surface area (Å²) in [5.74, 6) is 0.0575. The minimum Gasteiger partial charge on any atom is -0.379 e. The lowest BCUT2D eigenvalue weighted by Crippen LogP contribution is -2.52. The minimum absolute atomic E-state index is 0.0575. The van der Waals surface area contributed by atoms with Gasteiger partial charge in [0.05, 0.1) is 18.6 Å². The predicted octanol–water partition coefficient (Wildman–Crippen LogP) is 1.83. The van der Waals surface area contributed by atoms with Crippen molar-refractivity contribution < 1.29 is 9.53 Å². The van der Waals surface area contributed by atoms with Gasteiger partial charge in [-0.2, -0.15) is 0 Å². The van der Waals surface area contributed by atoms with E-state index in [2.05, 4.69) is 19.2 Å². The molecule has 1 saturated heterocycles. The largest absolute Gasteiger partial charge is 0.379 e. The van der Waals surface area contributed by atoms with Crippen LogP contribution >= 0.6 is 0 Å². The molecule has 0 aromatic heterocycles. The van der Waals surface area contributed by atoms with Crippen LogP contribution in [-0.2, 0) is 9.53 Å². The molecule has 1 heterocycles. The first-order valence-electron chi connectivity index (χ1n) is 7.18. The van der Waals surface area contributed by atoms with Crippen molar-refractivity contribution in [1.29, 1.82) is 0 Å². The molecule has 106 valence electrons. The molecule has 0 aromatic rings. The monoisotopic (exact) mass is 256 g/mol. The SMILES string of the molecule is CCCCC(CCC)NC(=O)C1(C)COCC1N. The van der Waals surface area contributed by atoms with E-state index in [1.807, 2.05) is 6.92 Å². The van der Waals surface area contributed by atoms with Crippen molar-refractivity contribution in [2.24, 2.45) is 11.1 Å². The highest BCUT2D eigenvalue weighted by Crippen LogP contribution is 2.27. The van der Waals surface area contributed by atoms with E-state index in [-0.39, 0.29) is 18.0 Å². The molecule has 3 N–H and O–H groups in total. The fourth-order valence-corrected chi connectivity index (χ4v) is 2.36. The van der Waals surface area contributed by atoms with E-state index in [1.165, 1.54) is 0 Å². The van der Waals surface area contributed by atoms with Gasteiger partial charge in [-0.05, 0) is 19.8 Å². The Kier molecular flexibility index (Phi) is 6.09. The molecule has 0 radical (unpaired) electrons. The normalized spacial score (nSPS) is 29.2. The fourth-order valence-electron chi connectivity index (χ4n) is 2.36. The van der Waals surface area contributed by atoms with Crippen molar-refractivity contribution in [1.82, 2.24) is 5.32 Å². The van der Waals surface area contributed by atoms with Crippen LogP contribution in [-0.4, -0.2) is 31.2 Å². The number of carbonyl (C=O) groups excluding carboxylic acids is 1. The number of rotatable bonds is 7. The maximum absolute atomic E-state index is 12.4. The summed E-state index contributed by atoms with van der Waals surface area (Å²) in [6, 6.07) is 0.0954. The Balaban J connectivity index is 2.54. The van der Waals surface area contributed by atoms with Crippen LogP contribution < -0.4 is 11.1 Å². The molecule has 1 rings (SSSR count). The molecule has 0 bridgehead atoms.